The van der Waals surface area contributed by atoms with Gasteiger partial charge in [-0.05, 0) is 85.4 Å². The molecule has 0 saturated carbocycles. The van der Waals surface area contributed by atoms with E-state index in [-0.39, 0.29) is 0 Å². The molecule has 0 heterocycles. The van der Waals surface area contributed by atoms with Crippen LogP contribution in [-0.2, 0) is 0 Å². The van der Waals surface area contributed by atoms with E-state index in [0.29, 0.717) is 21.7 Å². The summed E-state index contributed by atoms with van der Waals surface area (Å²) < 4.78 is 0. The highest BCUT2D eigenvalue weighted by atomic mass is 14.9. The lowest BCUT2D eigenvalue weighted by molar-refractivity contribution is 0.161. The van der Waals surface area contributed by atoms with Crippen LogP contribution in [0.2, 0.25) is 0 Å². The van der Waals surface area contributed by atoms with Crippen LogP contribution in [0.25, 0.3) is 0 Å². The second kappa shape index (κ2) is 12.8. The Bertz CT molecular complexity index is 384. The molecule has 30 heavy (non-hydrogen) atoms. The van der Waals surface area contributed by atoms with Gasteiger partial charge in [0.1, 0.15) is 0 Å². The summed E-state index contributed by atoms with van der Waals surface area (Å²) in [6.07, 6.45) is 7.89. The minimum Gasteiger partial charge on any atom is -0.316 e. The molecule has 0 bridgehead atoms. The van der Waals surface area contributed by atoms with Gasteiger partial charge in [-0.2, -0.15) is 0 Å². The predicted molar refractivity (Wildman–Crippen MR) is 138 cm³/mol. The summed E-state index contributed by atoms with van der Waals surface area (Å²) in [5.41, 5.74) is 1.57. The maximum absolute atomic E-state index is 3.75. The van der Waals surface area contributed by atoms with Crippen molar-refractivity contribution in [1.82, 2.24) is 10.6 Å². The smallest absolute Gasteiger partial charge is 0.00153 e. The molecule has 0 radical (unpaired) electrons. The van der Waals surface area contributed by atoms with Gasteiger partial charge in [0.05, 0.1) is 0 Å². The maximum Gasteiger partial charge on any atom is -0.00153 e. The average molecular weight is 425 g/mol. The van der Waals surface area contributed by atoms with E-state index < -0.39 is 0 Å². The van der Waals surface area contributed by atoms with Crippen LogP contribution in [0.3, 0.4) is 0 Å². The number of nitrogens with one attached hydrogen (secondary N) is 2. The van der Waals surface area contributed by atoms with Gasteiger partial charge in [-0.15, -0.1) is 0 Å². The molecule has 0 fully saturated rings. The predicted octanol–water partition coefficient (Wildman–Crippen LogP) is 7.92. The molecule has 0 amide bonds. The number of hydrogen-bond donors (Lipinski definition) is 2. The molecule has 2 heteroatoms. The molecular weight excluding hydrogens is 364 g/mol. The van der Waals surface area contributed by atoms with Crippen LogP contribution in [0, 0.1) is 33.5 Å². The molecule has 2 nitrogen and oxygen atoms in total. The number of hydrogen-bond acceptors (Lipinski definition) is 2. The van der Waals surface area contributed by atoms with Crippen molar-refractivity contribution in [2.24, 2.45) is 33.5 Å². The van der Waals surface area contributed by atoms with Crippen molar-refractivity contribution in [2.75, 3.05) is 26.2 Å². The molecule has 0 aliphatic heterocycles. The van der Waals surface area contributed by atoms with Crippen LogP contribution >= 0.6 is 0 Å². The second-order valence-corrected chi connectivity index (χ2v) is 14.5. The van der Waals surface area contributed by atoms with Crippen molar-refractivity contribution < 1.29 is 0 Å². The van der Waals surface area contributed by atoms with Crippen molar-refractivity contribution in [1.29, 1.82) is 0 Å². The topological polar surface area (TPSA) is 24.1 Å². The van der Waals surface area contributed by atoms with E-state index in [2.05, 4.69) is 93.7 Å². The third-order valence-corrected chi connectivity index (χ3v) is 6.41. The Kier molecular flexibility index (Phi) is 12.8. The van der Waals surface area contributed by atoms with Crippen molar-refractivity contribution >= 4 is 0 Å². The summed E-state index contributed by atoms with van der Waals surface area (Å²) >= 11 is 0. The molecule has 182 valence electrons. The van der Waals surface area contributed by atoms with E-state index in [0.717, 1.165) is 24.9 Å². The van der Waals surface area contributed by atoms with Crippen LogP contribution in [0.5, 0.6) is 0 Å². The Labute approximate surface area is 192 Å². The minimum atomic E-state index is 0.379. The highest BCUT2D eigenvalue weighted by Gasteiger charge is 2.29. The van der Waals surface area contributed by atoms with Gasteiger partial charge in [0, 0.05) is 0 Å². The van der Waals surface area contributed by atoms with Gasteiger partial charge in [-0.3, -0.25) is 0 Å². The van der Waals surface area contributed by atoms with E-state index >= 15 is 0 Å². The summed E-state index contributed by atoms with van der Waals surface area (Å²) in [5.74, 6) is 1.48. The van der Waals surface area contributed by atoms with E-state index in [1.807, 2.05) is 0 Å². The van der Waals surface area contributed by atoms with E-state index in [1.165, 1.54) is 51.6 Å². The molecule has 2 unspecified atom stereocenters. The van der Waals surface area contributed by atoms with Gasteiger partial charge in [0.15, 0.2) is 0 Å². The Balaban J connectivity index is 3.94. The maximum atomic E-state index is 3.75. The normalized spacial score (nSPS) is 16.0. The second-order valence-electron chi connectivity index (χ2n) is 14.5. The fourth-order valence-corrected chi connectivity index (χ4v) is 4.25. The Morgan fingerprint density at radius 1 is 0.467 bits per heavy atom. The van der Waals surface area contributed by atoms with Crippen LogP contribution < -0.4 is 10.6 Å². The number of rotatable bonds is 13. The van der Waals surface area contributed by atoms with Crippen molar-refractivity contribution in [3.63, 3.8) is 0 Å². The van der Waals surface area contributed by atoms with Crippen LogP contribution in [0.1, 0.15) is 122 Å². The van der Waals surface area contributed by atoms with Gasteiger partial charge in [-0.1, -0.05) is 95.9 Å². The van der Waals surface area contributed by atoms with Crippen molar-refractivity contribution in [3.05, 3.63) is 0 Å². The van der Waals surface area contributed by atoms with Crippen molar-refractivity contribution in [3.8, 4) is 0 Å². The van der Waals surface area contributed by atoms with Crippen LogP contribution in [0.15, 0.2) is 0 Å². The summed E-state index contributed by atoms with van der Waals surface area (Å²) in [4.78, 5) is 0. The van der Waals surface area contributed by atoms with E-state index in [1.54, 1.807) is 0 Å². The molecule has 2 N–H and O–H groups in total. The fourth-order valence-electron chi connectivity index (χ4n) is 4.25. The Morgan fingerprint density at radius 3 is 1.00 bits per heavy atom. The first-order valence-electron chi connectivity index (χ1n) is 12.8. The summed E-state index contributed by atoms with van der Waals surface area (Å²) in [6, 6.07) is 0. The summed E-state index contributed by atoms with van der Waals surface area (Å²) in [5, 5.41) is 7.51. The fraction of sp³-hybridized carbons (Fsp3) is 1.00. The van der Waals surface area contributed by atoms with Gasteiger partial charge >= 0.3 is 0 Å². The van der Waals surface area contributed by atoms with E-state index in [9.17, 15) is 0 Å². The minimum absolute atomic E-state index is 0.379. The standard InChI is InChI=1S/C28H60N2/c1-25(2,3)19-23(27(7,8)9)21-29-17-15-13-14-16-18-30-22-24(28(10,11)12)20-26(4,5)6/h23-24,29-30H,13-22H2,1-12H3. The average Bonchev–Trinajstić information content (AvgIpc) is 2.50. The molecule has 0 aliphatic rings. The lowest BCUT2D eigenvalue weighted by Gasteiger charge is -2.36. The first kappa shape index (κ1) is 29.9. The Hall–Kier alpha value is -0.0800. The van der Waals surface area contributed by atoms with Crippen LogP contribution in [-0.4, -0.2) is 26.2 Å². The lowest BCUT2D eigenvalue weighted by atomic mass is 9.72. The van der Waals surface area contributed by atoms with Gasteiger partial charge in [0.2, 0.25) is 0 Å². The number of unbranched alkanes of at least 4 members (excludes halogenated alkanes) is 3. The summed E-state index contributed by atoms with van der Waals surface area (Å²) in [7, 11) is 0. The zero-order valence-electron chi connectivity index (χ0n) is 23.2. The molecular formula is C28H60N2. The Morgan fingerprint density at radius 2 is 0.767 bits per heavy atom. The SMILES string of the molecule is CC(C)(C)CC(CNCCCCCCNCC(CC(C)(C)C)C(C)(C)C)C(C)(C)C. The zero-order chi connectivity index (χ0) is 23.6. The third kappa shape index (κ3) is 16.6. The highest BCUT2D eigenvalue weighted by Crippen LogP contribution is 2.36. The largest absolute Gasteiger partial charge is 0.316 e. The third-order valence-electron chi connectivity index (χ3n) is 6.41. The monoisotopic (exact) mass is 424 g/mol. The van der Waals surface area contributed by atoms with Crippen LogP contribution in [0.4, 0.5) is 0 Å². The van der Waals surface area contributed by atoms with Gasteiger partial charge in [0.25, 0.3) is 0 Å². The van der Waals surface area contributed by atoms with Gasteiger partial charge in [-0.25, -0.2) is 0 Å². The molecule has 0 aliphatic carbocycles. The van der Waals surface area contributed by atoms with Crippen molar-refractivity contribution in [2.45, 2.75) is 122 Å². The first-order chi connectivity index (χ1) is 13.4. The quantitative estimate of drug-likeness (QED) is 0.293. The molecule has 0 spiro atoms. The molecule has 2 atom stereocenters. The molecule has 0 aromatic carbocycles. The molecule has 0 saturated heterocycles. The first-order valence-corrected chi connectivity index (χ1v) is 12.8. The summed E-state index contributed by atoms with van der Waals surface area (Å²) in [6.45, 7) is 33.2. The lowest BCUT2D eigenvalue weighted by Crippen LogP contribution is -2.35. The molecule has 0 aromatic rings. The van der Waals surface area contributed by atoms with Gasteiger partial charge < -0.3 is 10.6 Å². The molecule has 0 aromatic heterocycles. The molecule has 0 rings (SSSR count). The zero-order valence-corrected chi connectivity index (χ0v) is 23.2. The van der Waals surface area contributed by atoms with E-state index in [4.69, 9.17) is 0 Å². The highest BCUT2D eigenvalue weighted by molar-refractivity contribution is 4.81.